The van der Waals surface area contributed by atoms with Gasteiger partial charge in [0.1, 0.15) is 0 Å². The van der Waals surface area contributed by atoms with Gasteiger partial charge in [0, 0.05) is 23.1 Å². The van der Waals surface area contributed by atoms with Crippen molar-refractivity contribution in [3.05, 3.63) is 23.4 Å². The van der Waals surface area contributed by atoms with Gasteiger partial charge in [-0.25, -0.2) is 0 Å². The molecule has 0 aromatic heterocycles. The average molecular weight is 289 g/mol. The van der Waals surface area contributed by atoms with Crippen LogP contribution in [0, 0.1) is 11.3 Å². The monoisotopic (exact) mass is 289 g/mol. The number of ketones is 1. The number of rotatable bonds is 2. The number of nitrogens with two attached hydrogens (primary N) is 1. The summed E-state index contributed by atoms with van der Waals surface area (Å²) in [6.45, 7) is 7.57. The number of aliphatic imine (C=N–C) groups is 1. The third-order valence-electron chi connectivity index (χ3n) is 3.86. The van der Waals surface area contributed by atoms with Gasteiger partial charge in [0.2, 0.25) is 5.91 Å². The lowest BCUT2D eigenvalue weighted by Crippen LogP contribution is -2.47. The molecule has 1 heterocycles. The molecule has 0 saturated carbocycles. The van der Waals surface area contributed by atoms with Crippen LogP contribution >= 0.6 is 0 Å². The van der Waals surface area contributed by atoms with E-state index in [1.54, 1.807) is 6.92 Å². The summed E-state index contributed by atoms with van der Waals surface area (Å²) in [5, 5.41) is 2.91. The second-order valence-corrected chi connectivity index (χ2v) is 6.61. The van der Waals surface area contributed by atoms with Crippen LogP contribution < -0.4 is 11.1 Å². The van der Waals surface area contributed by atoms with Crippen molar-refractivity contribution in [2.75, 3.05) is 0 Å². The van der Waals surface area contributed by atoms with Crippen LogP contribution in [-0.4, -0.2) is 30.0 Å². The highest BCUT2D eigenvalue weighted by Crippen LogP contribution is 2.33. The minimum absolute atomic E-state index is 0.0253. The van der Waals surface area contributed by atoms with Gasteiger partial charge in [0.25, 0.3) is 0 Å². The first kappa shape index (κ1) is 15.6. The minimum Gasteiger partial charge on any atom is -0.348 e. The number of Topliss-reactive ketones (excluding diaryl/α,β-unsaturated/α-hetero) is 1. The Balaban J connectivity index is 2.41. The van der Waals surface area contributed by atoms with Crippen LogP contribution in [0.15, 0.2) is 28.4 Å². The van der Waals surface area contributed by atoms with Crippen LogP contribution in [-0.2, 0) is 9.59 Å². The fraction of sp³-hybridized carbons (Fsp3) is 0.562. The van der Waals surface area contributed by atoms with E-state index in [9.17, 15) is 9.59 Å². The summed E-state index contributed by atoms with van der Waals surface area (Å²) in [6, 6.07) is -0.955. The maximum atomic E-state index is 12.5. The second kappa shape index (κ2) is 5.56. The van der Waals surface area contributed by atoms with E-state index in [0.29, 0.717) is 17.7 Å². The highest BCUT2D eigenvalue weighted by Gasteiger charge is 2.36. The number of amides is 1. The van der Waals surface area contributed by atoms with Gasteiger partial charge in [0.15, 0.2) is 5.78 Å². The number of carbonyl (C=O) groups is 2. The molecule has 3 N–H and O–H groups in total. The topological polar surface area (TPSA) is 84.5 Å². The predicted molar refractivity (Wildman–Crippen MR) is 82.8 cm³/mol. The quantitative estimate of drug-likeness (QED) is 0.804. The Morgan fingerprint density at radius 1 is 1.52 bits per heavy atom. The molecule has 5 nitrogen and oxygen atoms in total. The molecule has 2 aliphatic rings. The summed E-state index contributed by atoms with van der Waals surface area (Å²) < 4.78 is 0. The van der Waals surface area contributed by atoms with Crippen molar-refractivity contribution in [2.45, 2.75) is 46.2 Å². The van der Waals surface area contributed by atoms with Crippen LogP contribution in [0.25, 0.3) is 0 Å². The normalized spacial score (nSPS) is 28.9. The van der Waals surface area contributed by atoms with E-state index in [2.05, 4.69) is 10.3 Å². The van der Waals surface area contributed by atoms with E-state index in [4.69, 9.17) is 5.73 Å². The van der Waals surface area contributed by atoms with Crippen LogP contribution in [0.5, 0.6) is 0 Å². The first-order chi connectivity index (χ1) is 9.71. The molecule has 2 rings (SSSR count). The van der Waals surface area contributed by atoms with Crippen molar-refractivity contribution in [1.29, 1.82) is 0 Å². The average Bonchev–Trinajstić information content (AvgIpc) is 2.50. The van der Waals surface area contributed by atoms with Gasteiger partial charge in [-0.05, 0) is 19.4 Å². The van der Waals surface area contributed by atoms with Crippen molar-refractivity contribution in [3.8, 4) is 0 Å². The molecule has 0 spiro atoms. The Labute approximate surface area is 125 Å². The molecule has 0 fully saturated rings. The molecule has 0 radical (unpaired) electrons. The number of hydrogen-bond acceptors (Lipinski definition) is 4. The fourth-order valence-corrected chi connectivity index (χ4v) is 2.60. The Morgan fingerprint density at radius 3 is 2.81 bits per heavy atom. The molecule has 0 aromatic carbocycles. The van der Waals surface area contributed by atoms with Gasteiger partial charge < -0.3 is 11.1 Å². The van der Waals surface area contributed by atoms with Gasteiger partial charge >= 0.3 is 0 Å². The van der Waals surface area contributed by atoms with Crippen LogP contribution in [0.1, 0.15) is 34.1 Å². The van der Waals surface area contributed by atoms with Gasteiger partial charge in [-0.3, -0.25) is 14.6 Å². The molecule has 114 valence electrons. The van der Waals surface area contributed by atoms with Crippen LogP contribution in [0.2, 0.25) is 0 Å². The molecule has 0 aromatic rings. The third-order valence-corrected chi connectivity index (χ3v) is 3.86. The molecular formula is C16H23N3O2. The molecule has 1 amide bonds. The van der Waals surface area contributed by atoms with E-state index in [1.807, 2.05) is 39.1 Å². The first-order valence-electron chi connectivity index (χ1n) is 7.29. The summed E-state index contributed by atoms with van der Waals surface area (Å²) in [5.41, 5.74) is 6.68. The second-order valence-electron chi connectivity index (χ2n) is 6.61. The maximum Gasteiger partial charge on any atom is 0.237 e. The third kappa shape index (κ3) is 3.29. The van der Waals surface area contributed by atoms with E-state index in [1.165, 1.54) is 0 Å². The molecule has 1 aliphatic heterocycles. The summed E-state index contributed by atoms with van der Waals surface area (Å²) in [4.78, 5) is 28.9. The van der Waals surface area contributed by atoms with Gasteiger partial charge in [-0.2, -0.15) is 0 Å². The minimum atomic E-state index is -0.604. The predicted octanol–water partition coefficient (Wildman–Crippen LogP) is 1.35. The highest BCUT2D eigenvalue weighted by molar-refractivity contribution is 6.02. The SMILES string of the molecule is CC1C=CC2=C(C1=O)C(NC(=O)[C@H](C)N)CC(C)(C)C=N2. The Kier molecular flexibility index (Phi) is 4.14. The van der Waals surface area contributed by atoms with Crippen molar-refractivity contribution in [1.82, 2.24) is 5.32 Å². The zero-order valence-electron chi connectivity index (χ0n) is 13.0. The van der Waals surface area contributed by atoms with Crippen LogP contribution in [0.4, 0.5) is 0 Å². The molecule has 5 heteroatoms. The smallest absolute Gasteiger partial charge is 0.237 e. The Morgan fingerprint density at radius 2 is 2.19 bits per heavy atom. The molecular weight excluding hydrogens is 266 g/mol. The lowest BCUT2D eigenvalue weighted by atomic mass is 9.81. The van der Waals surface area contributed by atoms with Crippen molar-refractivity contribution < 1.29 is 9.59 Å². The summed E-state index contributed by atoms with van der Waals surface area (Å²) in [6.07, 6.45) is 6.19. The fourth-order valence-electron chi connectivity index (χ4n) is 2.60. The van der Waals surface area contributed by atoms with Crippen molar-refractivity contribution >= 4 is 17.9 Å². The number of nitrogens with one attached hydrogen (secondary N) is 1. The molecule has 21 heavy (non-hydrogen) atoms. The number of allylic oxidation sites excluding steroid dienone is 2. The summed E-state index contributed by atoms with van der Waals surface area (Å²) >= 11 is 0. The van der Waals surface area contributed by atoms with Gasteiger partial charge in [-0.15, -0.1) is 0 Å². The highest BCUT2D eigenvalue weighted by atomic mass is 16.2. The number of nitrogens with zero attached hydrogens (tertiary/aromatic N) is 1. The molecule has 0 bridgehead atoms. The standard InChI is InChI=1S/C16H23N3O2/c1-9-5-6-11-13(14(9)20)12(19-15(21)10(2)17)7-16(3,4)8-18-11/h5-6,8-10,12H,7,17H2,1-4H3,(H,19,21)/t9?,10-,12?/m0/s1. The molecule has 1 aliphatic carbocycles. The zero-order chi connectivity index (χ0) is 15.8. The Hall–Kier alpha value is -1.75. The maximum absolute atomic E-state index is 12.5. The number of carbonyl (C=O) groups excluding carboxylic acids is 2. The molecule has 3 atom stereocenters. The lowest BCUT2D eigenvalue weighted by Gasteiger charge is -2.29. The van der Waals surface area contributed by atoms with E-state index >= 15 is 0 Å². The lowest BCUT2D eigenvalue weighted by molar-refractivity contribution is -0.122. The van der Waals surface area contributed by atoms with Gasteiger partial charge in [-0.1, -0.05) is 26.8 Å². The van der Waals surface area contributed by atoms with Crippen LogP contribution in [0.3, 0.4) is 0 Å². The number of hydrogen-bond donors (Lipinski definition) is 2. The summed E-state index contributed by atoms with van der Waals surface area (Å²) in [5.74, 6) is -0.410. The zero-order valence-corrected chi connectivity index (χ0v) is 13.0. The van der Waals surface area contributed by atoms with Crippen molar-refractivity contribution in [3.63, 3.8) is 0 Å². The largest absolute Gasteiger partial charge is 0.348 e. The van der Waals surface area contributed by atoms with E-state index < -0.39 is 6.04 Å². The molecule has 0 saturated heterocycles. The molecule has 2 unspecified atom stereocenters. The summed E-state index contributed by atoms with van der Waals surface area (Å²) in [7, 11) is 0. The first-order valence-corrected chi connectivity index (χ1v) is 7.29. The van der Waals surface area contributed by atoms with E-state index in [-0.39, 0.29) is 29.1 Å². The van der Waals surface area contributed by atoms with E-state index in [0.717, 1.165) is 0 Å². The Bertz CT molecular complexity index is 556. The van der Waals surface area contributed by atoms with Gasteiger partial charge in [0.05, 0.1) is 17.8 Å². The van der Waals surface area contributed by atoms with Crippen molar-refractivity contribution in [2.24, 2.45) is 22.1 Å².